The summed E-state index contributed by atoms with van der Waals surface area (Å²) in [5, 5.41) is 6.87. The van der Waals surface area contributed by atoms with E-state index in [1.54, 1.807) is 10.8 Å². The highest BCUT2D eigenvalue weighted by Crippen LogP contribution is 2.13. The Kier molecular flexibility index (Phi) is 5.29. The molecule has 1 aromatic heterocycles. The van der Waals surface area contributed by atoms with Crippen molar-refractivity contribution in [2.24, 2.45) is 7.05 Å². The Labute approximate surface area is 112 Å². The molecule has 0 aliphatic heterocycles. The van der Waals surface area contributed by atoms with Gasteiger partial charge in [-0.2, -0.15) is 5.10 Å². The zero-order chi connectivity index (χ0) is 14.4. The molecule has 0 bridgehead atoms. The van der Waals surface area contributed by atoms with Gasteiger partial charge in [-0.3, -0.25) is 14.3 Å². The van der Waals surface area contributed by atoms with E-state index in [2.05, 4.69) is 15.2 Å². The summed E-state index contributed by atoms with van der Waals surface area (Å²) in [6, 6.07) is 0. The third kappa shape index (κ3) is 4.24. The Balaban J connectivity index is 2.52. The van der Waals surface area contributed by atoms with Crippen molar-refractivity contribution in [3.63, 3.8) is 0 Å². The topological polar surface area (TPSA) is 73.2 Å². The van der Waals surface area contributed by atoms with Gasteiger partial charge in [-0.25, -0.2) is 0 Å². The largest absolute Gasteiger partial charge is 0.469 e. The van der Waals surface area contributed by atoms with Gasteiger partial charge in [0.1, 0.15) is 0 Å². The number of hydrogen-bond acceptors (Lipinski definition) is 4. The predicted molar refractivity (Wildman–Crippen MR) is 71.4 cm³/mol. The van der Waals surface area contributed by atoms with E-state index >= 15 is 0 Å². The van der Waals surface area contributed by atoms with E-state index in [0.717, 1.165) is 17.0 Å². The minimum atomic E-state index is -0.344. The maximum absolute atomic E-state index is 11.5. The number of carbonyl (C=O) groups is 2. The first-order valence-corrected chi connectivity index (χ1v) is 5.98. The van der Waals surface area contributed by atoms with Crippen LogP contribution in [-0.2, 0) is 21.4 Å². The van der Waals surface area contributed by atoms with E-state index < -0.39 is 0 Å². The first-order valence-electron chi connectivity index (χ1n) is 5.98. The summed E-state index contributed by atoms with van der Waals surface area (Å²) < 4.78 is 6.24. The molecule has 0 unspecified atom stereocenters. The van der Waals surface area contributed by atoms with Crippen LogP contribution in [0.2, 0.25) is 0 Å². The highest BCUT2D eigenvalue weighted by Gasteiger charge is 2.06. The summed E-state index contributed by atoms with van der Waals surface area (Å²) in [6.07, 6.45) is 3.33. The fourth-order valence-corrected chi connectivity index (χ4v) is 1.64. The maximum Gasteiger partial charge on any atom is 0.307 e. The number of nitrogens with zero attached hydrogens (tertiary/aromatic N) is 2. The molecule has 1 amide bonds. The second-order valence-electron chi connectivity index (χ2n) is 4.16. The van der Waals surface area contributed by atoms with E-state index in [1.165, 1.54) is 13.2 Å². The third-order valence-electron chi connectivity index (χ3n) is 2.82. The SMILES string of the molecule is COC(=O)CCNC(=O)/C=C\c1c(C)nn(C)c1C. The first-order chi connectivity index (χ1) is 8.95. The van der Waals surface area contributed by atoms with Crippen LogP contribution >= 0.6 is 0 Å². The average Bonchev–Trinajstić information content (AvgIpc) is 2.61. The van der Waals surface area contributed by atoms with Crippen molar-refractivity contribution in [1.29, 1.82) is 0 Å². The molecular weight excluding hydrogens is 246 g/mol. The number of hydrogen-bond donors (Lipinski definition) is 1. The molecule has 0 aromatic carbocycles. The Hall–Kier alpha value is -2.11. The van der Waals surface area contributed by atoms with Crippen molar-refractivity contribution in [2.75, 3.05) is 13.7 Å². The van der Waals surface area contributed by atoms with Gasteiger partial charge in [0.05, 0.1) is 19.2 Å². The van der Waals surface area contributed by atoms with Crippen LogP contribution in [0.3, 0.4) is 0 Å². The molecule has 0 aliphatic rings. The Morgan fingerprint density at radius 1 is 1.42 bits per heavy atom. The van der Waals surface area contributed by atoms with Gasteiger partial charge < -0.3 is 10.1 Å². The third-order valence-corrected chi connectivity index (χ3v) is 2.82. The quantitative estimate of drug-likeness (QED) is 0.629. The molecule has 6 nitrogen and oxygen atoms in total. The normalized spacial score (nSPS) is 10.7. The lowest BCUT2D eigenvalue weighted by molar-refractivity contribution is -0.140. The zero-order valence-electron chi connectivity index (χ0n) is 11.7. The summed E-state index contributed by atoms with van der Waals surface area (Å²) >= 11 is 0. The van der Waals surface area contributed by atoms with Gasteiger partial charge in [0.15, 0.2) is 0 Å². The van der Waals surface area contributed by atoms with E-state index in [0.29, 0.717) is 0 Å². The average molecular weight is 265 g/mol. The lowest BCUT2D eigenvalue weighted by atomic mass is 10.2. The number of carbonyl (C=O) groups excluding carboxylic acids is 2. The van der Waals surface area contributed by atoms with Gasteiger partial charge in [0, 0.05) is 30.9 Å². The fourth-order valence-electron chi connectivity index (χ4n) is 1.64. The maximum atomic E-state index is 11.5. The predicted octanol–water partition coefficient (Wildman–Crippen LogP) is 0.729. The molecule has 0 aliphatic carbocycles. The molecule has 0 fully saturated rings. The monoisotopic (exact) mass is 265 g/mol. The van der Waals surface area contributed by atoms with Crippen molar-refractivity contribution in [1.82, 2.24) is 15.1 Å². The van der Waals surface area contributed by atoms with Crippen LogP contribution in [0.4, 0.5) is 0 Å². The molecule has 1 heterocycles. The van der Waals surface area contributed by atoms with Gasteiger partial charge in [0.2, 0.25) is 5.91 Å². The minimum Gasteiger partial charge on any atom is -0.469 e. The van der Waals surface area contributed by atoms with Crippen LogP contribution in [0, 0.1) is 13.8 Å². The Morgan fingerprint density at radius 2 is 2.11 bits per heavy atom. The summed E-state index contributed by atoms with van der Waals surface area (Å²) in [5.74, 6) is -0.588. The molecule has 1 rings (SSSR count). The molecule has 0 atom stereocenters. The lowest BCUT2D eigenvalue weighted by Gasteiger charge is -2.00. The van der Waals surface area contributed by atoms with Crippen LogP contribution in [0.15, 0.2) is 6.08 Å². The van der Waals surface area contributed by atoms with Crippen LogP contribution in [0.1, 0.15) is 23.4 Å². The number of rotatable bonds is 5. The lowest BCUT2D eigenvalue weighted by Crippen LogP contribution is -2.24. The first kappa shape index (κ1) is 14.9. The molecule has 6 heteroatoms. The minimum absolute atomic E-state index is 0.168. The van der Waals surface area contributed by atoms with Crippen LogP contribution < -0.4 is 5.32 Å². The number of methoxy groups -OCH3 is 1. The number of ether oxygens (including phenoxy) is 1. The van der Waals surface area contributed by atoms with Crippen LogP contribution in [-0.4, -0.2) is 35.3 Å². The van der Waals surface area contributed by atoms with Gasteiger partial charge in [0.25, 0.3) is 0 Å². The highest BCUT2D eigenvalue weighted by molar-refractivity contribution is 5.92. The number of esters is 1. The van der Waals surface area contributed by atoms with Gasteiger partial charge in [-0.05, 0) is 19.9 Å². The van der Waals surface area contributed by atoms with Crippen LogP contribution in [0.25, 0.3) is 6.08 Å². The summed E-state index contributed by atoms with van der Waals surface area (Å²) in [4.78, 5) is 22.4. The number of aryl methyl sites for hydroxylation is 2. The second kappa shape index (κ2) is 6.72. The van der Waals surface area contributed by atoms with Crippen molar-refractivity contribution in [2.45, 2.75) is 20.3 Å². The molecule has 0 saturated carbocycles. The van der Waals surface area contributed by atoms with Crippen LogP contribution in [0.5, 0.6) is 0 Å². The molecule has 0 saturated heterocycles. The van der Waals surface area contributed by atoms with E-state index in [-0.39, 0.29) is 24.8 Å². The summed E-state index contributed by atoms with van der Waals surface area (Å²) in [6.45, 7) is 4.09. The molecular formula is C13H19N3O3. The highest BCUT2D eigenvalue weighted by atomic mass is 16.5. The van der Waals surface area contributed by atoms with Gasteiger partial charge in [-0.15, -0.1) is 0 Å². The van der Waals surface area contributed by atoms with E-state index in [4.69, 9.17) is 0 Å². The van der Waals surface area contributed by atoms with Gasteiger partial charge in [-0.1, -0.05) is 0 Å². The Morgan fingerprint density at radius 3 is 2.63 bits per heavy atom. The summed E-state index contributed by atoms with van der Waals surface area (Å²) in [7, 11) is 3.17. The zero-order valence-corrected chi connectivity index (χ0v) is 11.7. The molecule has 1 N–H and O–H groups in total. The number of nitrogens with one attached hydrogen (secondary N) is 1. The summed E-state index contributed by atoms with van der Waals surface area (Å²) in [5.41, 5.74) is 2.81. The molecule has 104 valence electrons. The molecule has 19 heavy (non-hydrogen) atoms. The molecule has 1 aromatic rings. The van der Waals surface area contributed by atoms with Gasteiger partial charge >= 0.3 is 5.97 Å². The van der Waals surface area contributed by atoms with Crippen molar-refractivity contribution in [3.8, 4) is 0 Å². The number of aromatic nitrogens is 2. The second-order valence-corrected chi connectivity index (χ2v) is 4.16. The van der Waals surface area contributed by atoms with E-state index in [1.807, 2.05) is 20.9 Å². The Bertz CT molecular complexity index is 503. The molecule has 0 spiro atoms. The van der Waals surface area contributed by atoms with E-state index in [9.17, 15) is 9.59 Å². The number of amides is 1. The molecule has 0 radical (unpaired) electrons. The fraction of sp³-hybridized carbons (Fsp3) is 0.462. The smallest absolute Gasteiger partial charge is 0.307 e. The van der Waals surface area contributed by atoms with Crippen molar-refractivity contribution >= 4 is 18.0 Å². The standard InChI is InChI=1S/C13H19N3O3/c1-9-11(10(2)16(3)15-9)5-6-12(17)14-8-7-13(18)19-4/h5-6H,7-8H2,1-4H3,(H,14,17)/b6-5-. The van der Waals surface area contributed by atoms with Crippen molar-refractivity contribution in [3.05, 3.63) is 23.0 Å². The van der Waals surface area contributed by atoms with Crippen molar-refractivity contribution < 1.29 is 14.3 Å².